The molecule has 0 spiro atoms. The third-order valence-electron chi connectivity index (χ3n) is 5.70. The van der Waals surface area contributed by atoms with E-state index in [1.54, 1.807) is 20.1 Å². The molecule has 0 aromatic heterocycles. The molecule has 0 unspecified atom stereocenters. The third-order valence-corrected chi connectivity index (χ3v) is 5.70. The Bertz CT molecular complexity index is 957. The smallest absolute Gasteiger partial charge is 0.326 e. The maximum Gasteiger partial charge on any atom is 0.326 e. The van der Waals surface area contributed by atoms with E-state index in [1.807, 2.05) is 36.4 Å². The van der Waals surface area contributed by atoms with Crippen molar-refractivity contribution in [2.24, 2.45) is 0 Å². The van der Waals surface area contributed by atoms with Crippen LogP contribution >= 0.6 is 0 Å². The first-order valence-electron chi connectivity index (χ1n) is 9.77. The molecule has 150 valence electrons. The lowest BCUT2D eigenvalue weighted by atomic mass is 9.92. The number of nitrogens with zero attached hydrogens (tertiary/aromatic N) is 2. The van der Waals surface area contributed by atoms with Gasteiger partial charge in [-0.15, -0.1) is 0 Å². The standard InChI is InChI=1S/C23H25N3O3/c1-23(19-9-6-10-20(15-19)29-2)21(27)26(22(28)24-23)16-25-13-11-18(12-14-25)17-7-4-3-5-8-17/h3-11,15H,12-14,16H2,1-2H3,(H,24,28)/t23-/m0/s1. The van der Waals surface area contributed by atoms with Gasteiger partial charge in [0.1, 0.15) is 11.3 Å². The van der Waals surface area contributed by atoms with E-state index in [1.165, 1.54) is 16.0 Å². The Morgan fingerprint density at radius 1 is 1.10 bits per heavy atom. The monoisotopic (exact) mass is 391 g/mol. The molecule has 2 heterocycles. The van der Waals surface area contributed by atoms with Crippen LogP contribution in [0.25, 0.3) is 5.57 Å². The first kappa shape index (κ1) is 19.2. The van der Waals surface area contributed by atoms with Gasteiger partial charge in [-0.25, -0.2) is 9.69 Å². The predicted octanol–water partition coefficient (Wildman–Crippen LogP) is 3.21. The zero-order chi connectivity index (χ0) is 20.4. The third kappa shape index (κ3) is 3.63. The SMILES string of the molecule is COc1cccc([C@]2(C)NC(=O)N(CN3CC=C(c4ccccc4)CC3)C2=O)c1. The fraction of sp³-hybridized carbons (Fsp3) is 0.304. The molecule has 0 aliphatic carbocycles. The van der Waals surface area contributed by atoms with E-state index in [0.717, 1.165) is 13.0 Å². The first-order valence-corrected chi connectivity index (χ1v) is 9.77. The highest BCUT2D eigenvalue weighted by molar-refractivity contribution is 6.07. The van der Waals surface area contributed by atoms with Gasteiger partial charge in [0, 0.05) is 13.1 Å². The van der Waals surface area contributed by atoms with Crippen molar-refractivity contribution in [3.63, 3.8) is 0 Å². The highest BCUT2D eigenvalue weighted by Gasteiger charge is 2.49. The number of hydrogen-bond donors (Lipinski definition) is 1. The number of carbonyl (C=O) groups is 2. The average molecular weight is 391 g/mol. The number of hydrogen-bond acceptors (Lipinski definition) is 4. The number of benzene rings is 2. The van der Waals surface area contributed by atoms with Crippen LogP contribution < -0.4 is 10.1 Å². The number of urea groups is 1. The summed E-state index contributed by atoms with van der Waals surface area (Å²) >= 11 is 0. The van der Waals surface area contributed by atoms with E-state index >= 15 is 0 Å². The van der Waals surface area contributed by atoms with Crippen molar-refractivity contribution in [2.45, 2.75) is 18.9 Å². The van der Waals surface area contributed by atoms with Gasteiger partial charge in [0.05, 0.1) is 13.8 Å². The molecule has 2 aliphatic heterocycles. The molecule has 6 nitrogen and oxygen atoms in total. The van der Waals surface area contributed by atoms with Gasteiger partial charge < -0.3 is 10.1 Å². The van der Waals surface area contributed by atoms with Crippen LogP contribution in [0.3, 0.4) is 0 Å². The van der Waals surface area contributed by atoms with Crippen LogP contribution in [0.5, 0.6) is 5.75 Å². The molecule has 2 aromatic carbocycles. The van der Waals surface area contributed by atoms with Crippen LogP contribution in [0.4, 0.5) is 4.79 Å². The van der Waals surface area contributed by atoms with Crippen molar-refractivity contribution in [3.05, 3.63) is 71.8 Å². The fourth-order valence-corrected chi connectivity index (χ4v) is 3.91. The molecule has 2 aromatic rings. The highest BCUT2D eigenvalue weighted by Crippen LogP contribution is 2.31. The van der Waals surface area contributed by atoms with E-state index < -0.39 is 5.54 Å². The normalized spacial score (nSPS) is 22.4. The van der Waals surface area contributed by atoms with Gasteiger partial charge in [-0.1, -0.05) is 48.5 Å². The number of rotatable bonds is 5. The van der Waals surface area contributed by atoms with Crippen LogP contribution in [-0.2, 0) is 10.3 Å². The largest absolute Gasteiger partial charge is 0.497 e. The summed E-state index contributed by atoms with van der Waals surface area (Å²) in [4.78, 5) is 29.2. The second-order valence-electron chi connectivity index (χ2n) is 7.58. The maximum absolute atomic E-state index is 13.2. The molecular weight excluding hydrogens is 366 g/mol. The van der Waals surface area contributed by atoms with E-state index in [9.17, 15) is 9.59 Å². The second kappa shape index (κ2) is 7.72. The molecule has 1 N–H and O–H groups in total. The minimum Gasteiger partial charge on any atom is -0.497 e. The summed E-state index contributed by atoms with van der Waals surface area (Å²) in [5.74, 6) is 0.410. The molecule has 0 radical (unpaired) electrons. The Hall–Kier alpha value is -3.12. The van der Waals surface area contributed by atoms with Gasteiger partial charge >= 0.3 is 6.03 Å². The summed E-state index contributed by atoms with van der Waals surface area (Å²) in [6.07, 6.45) is 3.07. The summed E-state index contributed by atoms with van der Waals surface area (Å²) in [6.45, 7) is 3.53. The van der Waals surface area contributed by atoms with Crippen molar-refractivity contribution in [1.82, 2.24) is 15.1 Å². The van der Waals surface area contributed by atoms with Gasteiger partial charge in [-0.05, 0) is 42.2 Å². The van der Waals surface area contributed by atoms with E-state index in [4.69, 9.17) is 4.74 Å². The van der Waals surface area contributed by atoms with Gasteiger partial charge in [0.25, 0.3) is 5.91 Å². The number of ether oxygens (including phenoxy) is 1. The van der Waals surface area contributed by atoms with Crippen LogP contribution in [0, 0.1) is 0 Å². The summed E-state index contributed by atoms with van der Waals surface area (Å²) in [6, 6.07) is 17.2. The molecule has 3 amide bonds. The Kier molecular flexibility index (Phi) is 5.11. The van der Waals surface area contributed by atoms with Gasteiger partial charge in [0.15, 0.2) is 0 Å². The summed E-state index contributed by atoms with van der Waals surface area (Å²) in [7, 11) is 1.58. The second-order valence-corrected chi connectivity index (χ2v) is 7.58. The molecule has 2 aliphatic rings. The minimum atomic E-state index is -1.09. The molecule has 0 saturated carbocycles. The van der Waals surface area contributed by atoms with Crippen molar-refractivity contribution in [2.75, 3.05) is 26.9 Å². The lowest BCUT2D eigenvalue weighted by Crippen LogP contribution is -2.44. The zero-order valence-electron chi connectivity index (χ0n) is 16.7. The Labute approximate surface area is 170 Å². The zero-order valence-corrected chi connectivity index (χ0v) is 16.7. The Balaban J connectivity index is 1.47. The molecular formula is C23H25N3O3. The lowest BCUT2D eigenvalue weighted by Gasteiger charge is -2.30. The molecule has 4 rings (SSSR count). The maximum atomic E-state index is 13.2. The number of methoxy groups -OCH3 is 1. The molecule has 1 atom stereocenters. The fourth-order valence-electron chi connectivity index (χ4n) is 3.91. The number of nitrogens with one attached hydrogen (secondary N) is 1. The lowest BCUT2D eigenvalue weighted by molar-refractivity contribution is -0.132. The van der Waals surface area contributed by atoms with Crippen LogP contribution in [0.15, 0.2) is 60.7 Å². The van der Waals surface area contributed by atoms with E-state index in [-0.39, 0.29) is 18.6 Å². The van der Waals surface area contributed by atoms with Crippen LogP contribution in [-0.4, -0.2) is 48.6 Å². The minimum absolute atomic E-state index is 0.242. The number of imide groups is 1. The number of carbonyl (C=O) groups excluding carboxylic acids is 2. The van der Waals surface area contributed by atoms with Crippen molar-refractivity contribution >= 4 is 17.5 Å². The summed E-state index contributed by atoms with van der Waals surface area (Å²) in [5, 5.41) is 2.86. The molecule has 0 bridgehead atoms. The molecule has 29 heavy (non-hydrogen) atoms. The van der Waals surface area contributed by atoms with Crippen LogP contribution in [0.2, 0.25) is 0 Å². The average Bonchev–Trinajstić information content (AvgIpc) is 2.99. The van der Waals surface area contributed by atoms with E-state index in [2.05, 4.69) is 28.4 Å². The molecule has 1 fully saturated rings. The topological polar surface area (TPSA) is 61.9 Å². The van der Waals surface area contributed by atoms with Crippen LogP contribution in [0.1, 0.15) is 24.5 Å². The quantitative estimate of drug-likeness (QED) is 0.795. The summed E-state index contributed by atoms with van der Waals surface area (Å²) < 4.78 is 5.26. The van der Waals surface area contributed by atoms with Gasteiger partial charge in [-0.3, -0.25) is 9.69 Å². The first-order chi connectivity index (χ1) is 14.0. The van der Waals surface area contributed by atoms with Gasteiger partial charge in [0.2, 0.25) is 0 Å². The van der Waals surface area contributed by atoms with Crippen molar-refractivity contribution < 1.29 is 14.3 Å². The van der Waals surface area contributed by atoms with Crippen molar-refractivity contribution in [3.8, 4) is 5.75 Å². The Morgan fingerprint density at radius 2 is 1.90 bits per heavy atom. The molecule has 6 heteroatoms. The number of amides is 3. The highest BCUT2D eigenvalue weighted by atomic mass is 16.5. The predicted molar refractivity (Wildman–Crippen MR) is 111 cm³/mol. The summed E-state index contributed by atoms with van der Waals surface area (Å²) in [5.41, 5.74) is 2.16. The van der Waals surface area contributed by atoms with Crippen molar-refractivity contribution in [1.29, 1.82) is 0 Å². The molecule has 1 saturated heterocycles. The van der Waals surface area contributed by atoms with Gasteiger partial charge in [-0.2, -0.15) is 0 Å². The Morgan fingerprint density at radius 3 is 2.59 bits per heavy atom. The van der Waals surface area contributed by atoms with E-state index in [0.29, 0.717) is 17.9 Å².